The smallest absolute Gasteiger partial charge is 0.262 e. The summed E-state index contributed by atoms with van der Waals surface area (Å²) in [6.45, 7) is 0. The molecule has 31 heavy (non-hydrogen) atoms. The molecule has 0 aromatic heterocycles. The van der Waals surface area contributed by atoms with Crippen molar-refractivity contribution in [1.82, 2.24) is 0 Å². The van der Waals surface area contributed by atoms with E-state index in [4.69, 9.17) is 0 Å². The molecule has 0 bridgehead atoms. The Morgan fingerprint density at radius 3 is 2.29 bits per heavy atom. The van der Waals surface area contributed by atoms with Crippen molar-refractivity contribution in [3.8, 4) is 0 Å². The van der Waals surface area contributed by atoms with Gasteiger partial charge in [-0.05, 0) is 59.7 Å². The van der Waals surface area contributed by atoms with E-state index in [1.54, 1.807) is 18.2 Å². The monoisotopic (exact) mass is 641 g/mol. The molecule has 0 aliphatic carbocycles. The third kappa shape index (κ3) is 5.17. The first kappa shape index (κ1) is 22.8. The van der Waals surface area contributed by atoms with Crippen molar-refractivity contribution >= 4 is 87.1 Å². The number of nitrogens with one attached hydrogen (secondary N) is 1. The van der Waals surface area contributed by atoms with Crippen LogP contribution in [-0.4, -0.2) is 14.3 Å². The third-order valence-corrected chi connectivity index (χ3v) is 9.30. The largest absolute Gasteiger partial charge is 0.320 e. The number of benzene rings is 3. The molecule has 0 atom stereocenters. The number of sulfone groups is 1. The molecule has 0 unspecified atom stereocenters. The van der Waals surface area contributed by atoms with Crippen LogP contribution in [0.4, 0.5) is 5.69 Å². The number of rotatable bonds is 4. The number of carbonyl (C=O) groups is 1. The number of carbonyl (C=O) groups excluding carboxylic acids is 1. The van der Waals surface area contributed by atoms with E-state index in [2.05, 4.69) is 53.1 Å². The summed E-state index contributed by atoms with van der Waals surface area (Å²) in [4.78, 5) is 13.9. The van der Waals surface area contributed by atoms with Gasteiger partial charge in [0.2, 0.25) is 0 Å². The van der Waals surface area contributed by atoms with Crippen molar-refractivity contribution < 1.29 is 13.2 Å². The second-order valence-corrected chi connectivity index (χ2v) is 12.4. The number of anilines is 1. The summed E-state index contributed by atoms with van der Waals surface area (Å²) in [5, 5.41) is 2.84. The molecule has 4 nitrogen and oxygen atoms in total. The second-order valence-electron chi connectivity index (χ2n) is 6.73. The van der Waals surface area contributed by atoms with Crippen molar-refractivity contribution in [2.75, 3.05) is 5.32 Å². The molecule has 0 saturated carbocycles. The van der Waals surface area contributed by atoms with Crippen LogP contribution in [0.15, 0.2) is 88.8 Å². The summed E-state index contributed by atoms with van der Waals surface area (Å²) in [5.41, 5.74) is 2.15. The van der Waals surface area contributed by atoms with Crippen LogP contribution in [0.5, 0.6) is 0 Å². The highest BCUT2D eigenvalue weighted by Gasteiger charge is 2.25. The molecule has 3 aromatic carbocycles. The molecule has 0 radical (unpaired) electrons. The van der Waals surface area contributed by atoms with Gasteiger partial charge >= 0.3 is 0 Å². The minimum absolute atomic E-state index is 0.146. The van der Waals surface area contributed by atoms with Crippen molar-refractivity contribution in [3.05, 3.63) is 90.1 Å². The lowest BCUT2D eigenvalue weighted by Gasteiger charge is -2.19. The molecule has 1 aliphatic heterocycles. The molecule has 1 aliphatic rings. The fourth-order valence-corrected chi connectivity index (χ4v) is 7.39. The molecule has 1 heterocycles. The van der Waals surface area contributed by atoms with Crippen molar-refractivity contribution in [2.45, 2.75) is 15.5 Å². The molecule has 9 heteroatoms. The molecule has 3 aromatic rings. The summed E-state index contributed by atoms with van der Waals surface area (Å²) >= 11 is 11.5. The maximum atomic E-state index is 13.1. The summed E-state index contributed by atoms with van der Waals surface area (Å²) < 4.78 is 28.6. The van der Waals surface area contributed by atoms with E-state index < -0.39 is 9.84 Å². The zero-order valence-electron chi connectivity index (χ0n) is 15.7. The highest BCUT2D eigenvalue weighted by molar-refractivity contribution is 9.11. The van der Waals surface area contributed by atoms with Crippen LogP contribution in [0.1, 0.15) is 11.1 Å². The van der Waals surface area contributed by atoms with Gasteiger partial charge < -0.3 is 5.32 Å². The molecule has 0 saturated heterocycles. The van der Waals surface area contributed by atoms with Crippen LogP contribution in [0.2, 0.25) is 0 Å². The van der Waals surface area contributed by atoms with E-state index in [1.165, 1.54) is 17.8 Å². The van der Waals surface area contributed by atoms with Gasteiger partial charge in [-0.2, -0.15) is 0 Å². The lowest BCUT2D eigenvalue weighted by atomic mass is 10.2. The van der Waals surface area contributed by atoms with E-state index in [0.29, 0.717) is 21.1 Å². The van der Waals surface area contributed by atoms with Crippen LogP contribution in [0.3, 0.4) is 0 Å². The number of fused-ring (bicyclic) bond motifs is 1. The van der Waals surface area contributed by atoms with E-state index in [0.717, 1.165) is 19.0 Å². The average Bonchev–Trinajstić information content (AvgIpc) is 2.73. The summed E-state index contributed by atoms with van der Waals surface area (Å²) in [6.07, 6.45) is 1.79. The lowest BCUT2D eigenvalue weighted by molar-refractivity contribution is -0.112. The minimum Gasteiger partial charge on any atom is -0.320 e. The predicted molar refractivity (Wildman–Crippen MR) is 136 cm³/mol. The maximum absolute atomic E-state index is 13.1. The quantitative estimate of drug-likeness (QED) is 0.310. The third-order valence-electron chi connectivity index (χ3n) is 4.57. The molecular formula is C22H14Br3NO3S2. The van der Waals surface area contributed by atoms with Crippen molar-refractivity contribution in [2.24, 2.45) is 0 Å². The normalized spacial score (nSPS) is 14.9. The summed E-state index contributed by atoms with van der Waals surface area (Å²) in [5.74, 6) is -0.361. The molecule has 4 rings (SSSR count). The first-order chi connectivity index (χ1) is 14.7. The zero-order valence-corrected chi connectivity index (χ0v) is 22.1. The fourth-order valence-electron chi connectivity index (χ4n) is 2.98. The fraction of sp³-hybridized carbons (Fsp3) is 0.0455. The van der Waals surface area contributed by atoms with E-state index >= 15 is 0 Å². The van der Waals surface area contributed by atoms with Crippen LogP contribution >= 0.6 is 59.6 Å². The molecule has 1 N–H and O–H groups in total. The van der Waals surface area contributed by atoms with Gasteiger partial charge in [0.05, 0.1) is 21.2 Å². The highest BCUT2D eigenvalue weighted by atomic mass is 79.9. The van der Waals surface area contributed by atoms with E-state index in [9.17, 15) is 13.2 Å². The van der Waals surface area contributed by atoms with Gasteiger partial charge in [-0.15, -0.1) is 0 Å². The zero-order chi connectivity index (χ0) is 22.2. The van der Waals surface area contributed by atoms with Gasteiger partial charge in [0.1, 0.15) is 0 Å². The van der Waals surface area contributed by atoms with E-state index in [1.807, 2.05) is 42.5 Å². The Morgan fingerprint density at radius 1 is 0.935 bits per heavy atom. The number of halogens is 3. The molecule has 0 fully saturated rings. The molecule has 158 valence electrons. The average molecular weight is 644 g/mol. The van der Waals surface area contributed by atoms with Crippen LogP contribution < -0.4 is 5.32 Å². The van der Waals surface area contributed by atoms with Crippen LogP contribution in [-0.2, 0) is 20.4 Å². The van der Waals surface area contributed by atoms with E-state index in [-0.39, 0.29) is 16.6 Å². The van der Waals surface area contributed by atoms with Gasteiger partial charge in [0.25, 0.3) is 5.91 Å². The highest BCUT2D eigenvalue weighted by Crippen LogP contribution is 2.40. The standard InChI is InChI=1S/C22H14Br3NO3S2/c23-14-6-4-13(5-7-14)10-21-22(27)26-19-9-8-15(11-20(19)30-21)31(28,29)12-16-17(24)2-1-3-18(16)25/h1-11H,12H2,(H,26,27)/b21-10-. The summed E-state index contributed by atoms with van der Waals surface area (Å²) in [6, 6.07) is 17.8. The Morgan fingerprint density at radius 2 is 1.61 bits per heavy atom. The SMILES string of the molecule is O=C1Nc2ccc(S(=O)(=O)Cc3c(Br)cccc3Br)cc2S/C1=C\c1ccc(Br)cc1. The Kier molecular flexibility index (Phi) is 6.79. The van der Waals surface area contributed by atoms with Crippen LogP contribution in [0, 0.1) is 0 Å². The minimum atomic E-state index is -3.60. The van der Waals surface area contributed by atoms with Gasteiger partial charge in [0, 0.05) is 18.3 Å². The molecule has 0 spiro atoms. The molecular weight excluding hydrogens is 630 g/mol. The van der Waals surface area contributed by atoms with Gasteiger partial charge in [-0.1, -0.05) is 77.8 Å². The molecule has 1 amide bonds. The van der Waals surface area contributed by atoms with Gasteiger partial charge in [-0.25, -0.2) is 8.42 Å². The number of hydrogen-bond acceptors (Lipinski definition) is 4. The Balaban J connectivity index is 1.65. The van der Waals surface area contributed by atoms with Crippen LogP contribution in [0.25, 0.3) is 6.08 Å². The van der Waals surface area contributed by atoms with Crippen molar-refractivity contribution in [3.63, 3.8) is 0 Å². The maximum Gasteiger partial charge on any atom is 0.262 e. The second kappa shape index (κ2) is 9.23. The van der Waals surface area contributed by atoms with Crippen molar-refractivity contribution in [1.29, 1.82) is 0 Å². The summed E-state index contributed by atoms with van der Waals surface area (Å²) in [7, 11) is -3.60. The topological polar surface area (TPSA) is 63.2 Å². The van der Waals surface area contributed by atoms with Gasteiger partial charge in [-0.3, -0.25) is 4.79 Å². The predicted octanol–water partition coefficient (Wildman–Crippen LogP) is 7.03. The van der Waals surface area contributed by atoms with Gasteiger partial charge in [0.15, 0.2) is 9.84 Å². The lowest BCUT2D eigenvalue weighted by Crippen LogP contribution is -2.17. The first-order valence-corrected chi connectivity index (χ1v) is 13.8. The Bertz CT molecular complexity index is 1300. The number of amides is 1. The first-order valence-electron chi connectivity index (χ1n) is 8.99. The number of hydrogen-bond donors (Lipinski definition) is 1. The number of thioether (sulfide) groups is 1. The Hall–Kier alpha value is -1.39. The Labute approximate surface area is 209 Å².